The van der Waals surface area contributed by atoms with Crippen molar-refractivity contribution in [2.24, 2.45) is 17.3 Å². The Bertz CT molecular complexity index is 633. The predicted octanol–water partition coefficient (Wildman–Crippen LogP) is 1.55. The summed E-state index contributed by atoms with van der Waals surface area (Å²) in [7, 11) is 0. The van der Waals surface area contributed by atoms with Gasteiger partial charge in [0.05, 0.1) is 17.5 Å². The first kappa shape index (κ1) is 15.3. The number of hydrogen-bond acceptors (Lipinski definition) is 3. The van der Waals surface area contributed by atoms with Crippen LogP contribution in [0.4, 0.5) is 5.69 Å². The van der Waals surface area contributed by atoms with Gasteiger partial charge in [-0.1, -0.05) is 20.8 Å². The van der Waals surface area contributed by atoms with Crippen molar-refractivity contribution >= 4 is 17.6 Å². The third kappa shape index (κ3) is 2.84. The molecule has 2 rings (SSSR count). The largest absolute Gasteiger partial charge is 0.481 e. The molecule has 1 aliphatic carbocycles. The van der Waals surface area contributed by atoms with Gasteiger partial charge in [0.1, 0.15) is 0 Å². The van der Waals surface area contributed by atoms with E-state index in [4.69, 9.17) is 5.11 Å². The molecule has 1 aliphatic rings. The zero-order valence-electron chi connectivity index (χ0n) is 12.4. The minimum Gasteiger partial charge on any atom is -0.481 e. The molecular weight excluding hydrogens is 272 g/mol. The van der Waals surface area contributed by atoms with E-state index in [0.29, 0.717) is 12.2 Å². The van der Waals surface area contributed by atoms with Crippen molar-refractivity contribution in [1.82, 2.24) is 4.57 Å². The number of anilines is 1. The van der Waals surface area contributed by atoms with Crippen LogP contribution in [0.2, 0.25) is 0 Å². The van der Waals surface area contributed by atoms with Gasteiger partial charge in [-0.25, -0.2) is 0 Å². The number of aryl methyl sites for hydroxylation is 1. The maximum Gasteiger partial charge on any atom is 0.307 e. The highest BCUT2D eigenvalue weighted by molar-refractivity contribution is 5.99. The van der Waals surface area contributed by atoms with E-state index in [9.17, 15) is 14.4 Å². The number of nitrogens with zero attached hydrogens (tertiary/aromatic N) is 1. The molecule has 6 heteroatoms. The number of carboxylic acid groups (broad SMARTS) is 1. The molecule has 1 fully saturated rings. The highest BCUT2D eigenvalue weighted by Gasteiger charge is 2.65. The number of amides is 1. The van der Waals surface area contributed by atoms with Crippen LogP contribution in [0.5, 0.6) is 0 Å². The Morgan fingerprint density at radius 2 is 2.00 bits per heavy atom. The average Bonchev–Trinajstić information content (AvgIpc) is 2.97. The van der Waals surface area contributed by atoms with Gasteiger partial charge in [0.25, 0.3) is 5.56 Å². The Morgan fingerprint density at radius 3 is 2.52 bits per heavy atom. The molecule has 0 aromatic carbocycles. The molecule has 1 amide bonds. The zero-order chi connectivity index (χ0) is 15.8. The Balaban J connectivity index is 2.13. The van der Waals surface area contributed by atoms with E-state index in [1.54, 1.807) is 20.0 Å². The van der Waals surface area contributed by atoms with E-state index in [1.165, 1.54) is 16.7 Å². The third-order valence-corrected chi connectivity index (χ3v) is 4.09. The van der Waals surface area contributed by atoms with Crippen LogP contribution in [0.25, 0.3) is 0 Å². The van der Waals surface area contributed by atoms with Crippen LogP contribution in [0, 0.1) is 17.3 Å². The number of nitrogens with one attached hydrogen (secondary N) is 1. The molecule has 1 aromatic heterocycles. The number of pyridine rings is 1. The van der Waals surface area contributed by atoms with E-state index in [-0.39, 0.29) is 11.5 Å². The van der Waals surface area contributed by atoms with Crippen molar-refractivity contribution in [2.45, 2.75) is 33.7 Å². The fourth-order valence-electron chi connectivity index (χ4n) is 2.83. The predicted molar refractivity (Wildman–Crippen MR) is 78.0 cm³/mol. The van der Waals surface area contributed by atoms with Crippen molar-refractivity contribution < 1.29 is 14.7 Å². The minimum atomic E-state index is -0.948. The van der Waals surface area contributed by atoms with E-state index < -0.39 is 23.2 Å². The third-order valence-electron chi connectivity index (χ3n) is 4.09. The molecule has 1 saturated carbocycles. The molecule has 0 unspecified atom stereocenters. The molecule has 114 valence electrons. The average molecular weight is 292 g/mol. The number of carboxylic acids is 1. The second kappa shape index (κ2) is 5.35. The van der Waals surface area contributed by atoms with Gasteiger partial charge in [-0.15, -0.1) is 0 Å². The van der Waals surface area contributed by atoms with Gasteiger partial charge in [-0.2, -0.15) is 0 Å². The summed E-state index contributed by atoms with van der Waals surface area (Å²) in [6, 6.07) is 2.94. The molecule has 0 spiro atoms. The lowest BCUT2D eigenvalue weighted by molar-refractivity contribution is -0.140. The smallest absolute Gasteiger partial charge is 0.307 e. The molecule has 1 heterocycles. The quantitative estimate of drug-likeness (QED) is 0.862. The van der Waals surface area contributed by atoms with Crippen molar-refractivity contribution in [3.05, 3.63) is 28.7 Å². The van der Waals surface area contributed by atoms with Crippen LogP contribution >= 0.6 is 0 Å². The molecule has 0 bridgehead atoms. The van der Waals surface area contributed by atoms with Gasteiger partial charge < -0.3 is 15.0 Å². The number of carbonyl (C=O) groups excluding carboxylic acids is 1. The van der Waals surface area contributed by atoms with Gasteiger partial charge in [-0.05, 0) is 17.9 Å². The SMILES string of the molecule is CCCn1cc(NC(=O)[C@H]2[C@@H](C(=O)O)C2(C)C)ccc1=O. The molecule has 0 saturated heterocycles. The molecular formula is C15H20N2O4. The molecule has 6 nitrogen and oxygen atoms in total. The van der Waals surface area contributed by atoms with Crippen LogP contribution in [0.15, 0.2) is 23.1 Å². The summed E-state index contributed by atoms with van der Waals surface area (Å²) in [6.07, 6.45) is 2.41. The topological polar surface area (TPSA) is 88.4 Å². The Hall–Kier alpha value is -2.11. The van der Waals surface area contributed by atoms with Crippen LogP contribution in [-0.2, 0) is 16.1 Å². The lowest BCUT2D eigenvalue weighted by atomic mass is 10.1. The number of carbonyl (C=O) groups is 2. The second-order valence-electron chi connectivity index (χ2n) is 6.05. The van der Waals surface area contributed by atoms with E-state index in [0.717, 1.165) is 6.42 Å². The number of aromatic nitrogens is 1. The fraction of sp³-hybridized carbons (Fsp3) is 0.533. The van der Waals surface area contributed by atoms with Crippen molar-refractivity contribution in [1.29, 1.82) is 0 Å². The van der Waals surface area contributed by atoms with Crippen LogP contribution in [0.3, 0.4) is 0 Å². The van der Waals surface area contributed by atoms with Gasteiger partial charge in [0.2, 0.25) is 5.91 Å². The molecule has 2 atom stereocenters. The summed E-state index contributed by atoms with van der Waals surface area (Å²) in [5.41, 5.74) is -0.141. The zero-order valence-corrected chi connectivity index (χ0v) is 12.4. The van der Waals surface area contributed by atoms with Crippen molar-refractivity contribution in [3.63, 3.8) is 0 Å². The van der Waals surface area contributed by atoms with E-state index >= 15 is 0 Å². The van der Waals surface area contributed by atoms with E-state index in [1.807, 2.05) is 6.92 Å². The summed E-state index contributed by atoms with van der Waals surface area (Å²) in [4.78, 5) is 34.9. The summed E-state index contributed by atoms with van der Waals surface area (Å²) in [6.45, 7) is 6.08. The first-order valence-electron chi connectivity index (χ1n) is 7.03. The lowest BCUT2D eigenvalue weighted by Gasteiger charge is -2.09. The summed E-state index contributed by atoms with van der Waals surface area (Å²) >= 11 is 0. The monoisotopic (exact) mass is 292 g/mol. The maximum atomic E-state index is 12.2. The Morgan fingerprint density at radius 1 is 1.33 bits per heavy atom. The van der Waals surface area contributed by atoms with Gasteiger partial charge in [-0.3, -0.25) is 14.4 Å². The normalized spacial score (nSPS) is 22.6. The molecule has 0 radical (unpaired) electrons. The highest BCUT2D eigenvalue weighted by atomic mass is 16.4. The summed E-state index contributed by atoms with van der Waals surface area (Å²) in [5, 5.41) is 11.8. The van der Waals surface area contributed by atoms with Gasteiger partial charge in [0, 0.05) is 18.8 Å². The maximum absolute atomic E-state index is 12.2. The molecule has 1 aromatic rings. The standard InChI is InChI=1S/C15H20N2O4/c1-4-7-17-8-9(5-6-10(17)18)16-13(19)11-12(14(20)21)15(11,2)3/h5-6,8,11-12H,4,7H2,1-3H3,(H,16,19)(H,20,21)/t11-,12+/m1/s1. The fourth-order valence-corrected chi connectivity index (χ4v) is 2.83. The van der Waals surface area contributed by atoms with Crippen LogP contribution in [0.1, 0.15) is 27.2 Å². The summed E-state index contributed by atoms with van der Waals surface area (Å²) in [5.74, 6) is -2.45. The van der Waals surface area contributed by atoms with E-state index in [2.05, 4.69) is 5.32 Å². The minimum absolute atomic E-state index is 0.120. The number of rotatable bonds is 5. The van der Waals surface area contributed by atoms with Gasteiger partial charge >= 0.3 is 5.97 Å². The lowest BCUT2D eigenvalue weighted by Crippen LogP contribution is -2.22. The number of aliphatic carboxylic acids is 1. The first-order chi connectivity index (χ1) is 9.78. The first-order valence-corrected chi connectivity index (χ1v) is 7.03. The van der Waals surface area contributed by atoms with Gasteiger partial charge in [0.15, 0.2) is 0 Å². The second-order valence-corrected chi connectivity index (χ2v) is 6.05. The molecule has 21 heavy (non-hydrogen) atoms. The number of hydrogen-bond donors (Lipinski definition) is 2. The summed E-state index contributed by atoms with van der Waals surface area (Å²) < 4.78 is 1.53. The Labute approximate surface area is 122 Å². The van der Waals surface area contributed by atoms with Crippen molar-refractivity contribution in [3.8, 4) is 0 Å². The van der Waals surface area contributed by atoms with Crippen LogP contribution < -0.4 is 10.9 Å². The Kier molecular flexibility index (Phi) is 3.89. The molecule has 0 aliphatic heterocycles. The molecule has 2 N–H and O–H groups in total. The van der Waals surface area contributed by atoms with Crippen LogP contribution in [-0.4, -0.2) is 21.6 Å². The highest BCUT2D eigenvalue weighted by Crippen LogP contribution is 2.58. The van der Waals surface area contributed by atoms with Crippen molar-refractivity contribution in [2.75, 3.05) is 5.32 Å².